The van der Waals surface area contributed by atoms with E-state index in [9.17, 15) is 9.18 Å². The fraction of sp³-hybridized carbons (Fsp3) is 0.308. The molecule has 1 aliphatic carbocycles. The maximum absolute atomic E-state index is 13.1. The summed E-state index contributed by atoms with van der Waals surface area (Å²) in [5, 5.41) is 0. The molecule has 0 amide bonds. The van der Waals surface area contributed by atoms with Crippen LogP contribution in [0, 0.1) is 18.7 Å². The lowest BCUT2D eigenvalue weighted by atomic mass is 9.93. The van der Waals surface area contributed by atoms with Crippen molar-refractivity contribution in [2.45, 2.75) is 19.4 Å². The van der Waals surface area contributed by atoms with Crippen molar-refractivity contribution < 1.29 is 9.18 Å². The number of aryl methyl sites for hydroxylation is 1. The lowest BCUT2D eigenvalue weighted by Crippen LogP contribution is -2.19. The van der Waals surface area contributed by atoms with Crippen LogP contribution in [0.4, 0.5) is 4.39 Å². The van der Waals surface area contributed by atoms with Gasteiger partial charge in [-0.3, -0.25) is 4.79 Å². The first kappa shape index (κ1) is 11.0. The fourth-order valence-corrected chi connectivity index (χ4v) is 1.98. The normalized spacial score (nSPS) is 23.7. The van der Waals surface area contributed by atoms with E-state index in [0.29, 0.717) is 12.0 Å². The minimum atomic E-state index is -0.375. The molecule has 2 unspecified atom stereocenters. The van der Waals surface area contributed by atoms with E-state index in [1.807, 2.05) is 19.1 Å². The van der Waals surface area contributed by atoms with Gasteiger partial charge in [0, 0.05) is 17.5 Å². The molecule has 0 aliphatic heterocycles. The summed E-state index contributed by atoms with van der Waals surface area (Å²) in [6.07, 6.45) is 4.27. The first-order chi connectivity index (χ1) is 7.58. The van der Waals surface area contributed by atoms with Crippen molar-refractivity contribution in [3.63, 3.8) is 0 Å². The molecule has 2 rings (SSSR count). The summed E-state index contributed by atoms with van der Waals surface area (Å²) in [6.45, 7) is 1.81. The van der Waals surface area contributed by atoms with Crippen LogP contribution in [-0.4, -0.2) is 11.8 Å². The van der Waals surface area contributed by atoms with Crippen LogP contribution in [0.25, 0.3) is 0 Å². The molecule has 2 nitrogen and oxygen atoms in total. The van der Waals surface area contributed by atoms with E-state index in [4.69, 9.17) is 5.73 Å². The minimum Gasteiger partial charge on any atom is -0.324 e. The standard InChI is InChI=1S/C13H14FNO/c1-8-2-4-10(14)7-12(8)13(16)9-3-5-11(15)6-9/h2-5,7,9,11H,6,15H2,1H3. The second kappa shape index (κ2) is 4.18. The number of carbonyl (C=O) groups excluding carboxylic acids is 1. The second-order valence-electron chi connectivity index (χ2n) is 4.21. The van der Waals surface area contributed by atoms with Gasteiger partial charge in [0.1, 0.15) is 5.82 Å². The molecule has 1 aromatic rings. The zero-order valence-electron chi connectivity index (χ0n) is 9.11. The summed E-state index contributed by atoms with van der Waals surface area (Å²) in [5.74, 6) is -0.614. The molecule has 16 heavy (non-hydrogen) atoms. The van der Waals surface area contributed by atoms with Crippen LogP contribution >= 0.6 is 0 Å². The molecule has 1 aliphatic rings. The van der Waals surface area contributed by atoms with Crippen molar-refractivity contribution in [1.82, 2.24) is 0 Å². The maximum Gasteiger partial charge on any atom is 0.170 e. The first-order valence-corrected chi connectivity index (χ1v) is 5.32. The van der Waals surface area contributed by atoms with Gasteiger partial charge < -0.3 is 5.73 Å². The number of rotatable bonds is 2. The molecule has 3 heteroatoms. The topological polar surface area (TPSA) is 43.1 Å². The Kier molecular flexibility index (Phi) is 2.88. The molecule has 2 N–H and O–H groups in total. The largest absolute Gasteiger partial charge is 0.324 e. The number of hydrogen-bond acceptors (Lipinski definition) is 2. The van der Waals surface area contributed by atoms with Gasteiger partial charge in [-0.1, -0.05) is 18.2 Å². The van der Waals surface area contributed by atoms with E-state index < -0.39 is 0 Å². The molecule has 0 heterocycles. The van der Waals surface area contributed by atoms with Crippen molar-refractivity contribution in [1.29, 1.82) is 0 Å². The summed E-state index contributed by atoms with van der Waals surface area (Å²) in [6, 6.07) is 4.24. The van der Waals surface area contributed by atoms with E-state index in [1.165, 1.54) is 12.1 Å². The van der Waals surface area contributed by atoms with Gasteiger partial charge in [0.05, 0.1) is 0 Å². The highest BCUT2D eigenvalue weighted by Crippen LogP contribution is 2.23. The predicted molar refractivity (Wildman–Crippen MR) is 60.7 cm³/mol. The summed E-state index contributed by atoms with van der Waals surface area (Å²) in [4.78, 5) is 12.1. The van der Waals surface area contributed by atoms with Gasteiger partial charge in [-0.25, -0.2) is 4.39 Å². The van der Waals surface area contributed by atoms with Crippen molar-refractivity contribution in [2.75, 3.05) is 0 Å². The SMILES string of the molecule is Cc1ccc(F)cc1C(=O)C1C=CC(N)C1. The van der Waals surface area contributed by atoms with Crippen LogP contribution in [0.5, 0.6) is 0 Å². The molecular formula is C13H14FNO. The minimum absolute atomic E-state index is 0.0406. The Bertz CT molecular complexity index is 453. The van der Waals surface area contributed by atoms with Gasteiger partial charge in [-0.15, -0.1) is 0 Å². The first-order valence-electron chi connectivity index (χ1n) is 5.32. The predicted octanol–water partition coefficient (Wildman–Crippen LogP) is 2.22. The highest BCUT2D eigenvalue weighted by atomic mass is 19.1. The van der Waals surface area contributed by atoms with Crippen molar-refractivity contribution in [2.24, 2.45) is 11.7 Å². The number of benzene rings is 1. The van der Waals surface area contributed by atoms with Crippen molar-refractivity contribution in [3.05, 3.63) is 47.3 Å². The Labute approximate surface area is 94.0 Å². The summed E-state index contributed by atoms with van der Waals surface area (Å²) in [5.41, 5.74) is 6.96. The third kappa shape index (κ3) is 2.04. The fourth-order valence-electron chi connectivity index (χ4n) is 1.98. The number of Topliss-reactive ketones (excluding diaryl/α,β-unsaturated/α-hetero) is 1. The van der Waals surface area contributed by atoms with E-state index >= 15 is 0 Å². The van der Waals surface area contributed by atoms with Crippen LogP contribution in [-0.2, 0) is 0 Å². The molecule has 0 radical (unpaired) electrons. The molecule has 0 saturated heterocycles. The second-order valence-corrected chi connectivity index (χ2v) is 4.21. The Morgan fingerprint density at radius 1 is 1.44 bits per heavy atom. The van der Waals surface area contributed by atoms with Gasteiger partial charge in [-0.05, 0) is 31.0 Å². The van der Waals surface area contributed by atoms with E-state index in [2.05, 4.69) is 0 Å². The summed E-state index contributed by atoms with van der Waals surface area (Å²) in [7, 11) is 0. The number of halogens is 1. The number of ketones is 1. The number of nitrogens with two attached hydrogens (primary N) is 1. The number of hydrogen-bond donors (Lipinski definition) is 1. The third-order valence-corrected chi connectivity index (χ3v) is 2.92. The average molecular weight is 219 g/mol. The molecule has 0 aromatic heterocycles. The maximum atomic E-state index is 13.1. The zero-order chi connectivity index (χ0) is 11.7. The van der Waals surface area contributed by atoms with Gasteiger partial charge in [0.15, 0.2) is 5.78 Å². The van der Waals surface area contributed by atoms with E-state index in [1.54, 1.807) is 6.07 Å². The lowest BCUT2D eigenvalue weighted by Gasteiger charge is -2.10. The average Bonchev–Trinajstić information content (AvgIpc) is 2.67. The molecule has 1 aromatic carbocycles. The summed E-state index contributed by atoms with van der Waals surface area (Å²) >= 11 is 0. The van der Waals surface area contributed by atoms with Gasteiger partial charge in [0.2, 0.25) is 0 Å². The van der Waals surface area contributed by atoms with Gasteiger partial charge in [0.25, 0.3) is 0 Å². The molecular weight excluding hydrogens is 205 g/mol. The number of carbonyl (C=O) groups is 1. The van der Waals surface area contributed by atoms with Crippen LogP contribution < -0.4 is 5.73 Å². The van der Waals surface area contributed by atoms with Gasteiger partial charge >= 0.3 is 0 Å². The van der Waals surface area contributed by atoms with Crippen LogP contribution in [0.15, 0.2) is 30.4 Å². The smallest absolute Gasteiger partial charge is 0.170 e. The molecule has 0 bridgehead atoms. The summed E-state index contributed by atoms with van der Waals surface area (Å²) < 4.78 is 13.1. The molecule has 0 fully saturated rings. The van der Waals surface area contributed by atoms with Crippen molar-refractivity contribution in [3.8, 4) is 0 Å². The lowest BCUT2D eigenvalue weighted by molar-refractivity contribution is 0.0942. The Morgan fingerprint density at radius 2 is 2.19 bits per heavy atom. The van der Waals surface area contributed by atoms with E-state index in [-0.39, 0.29) is 23.6 Å². The molecule has 2 atom stereocenters. The number of allylic oxidation sites excluding steroid dienone is 1. The monoisotopic (exact) mass is 219 g/mol. The van der Waals surface area contributed by atoms with Crippen molar-refractivity contribution >= 4 is 5.78 Å². The Balaban J connectivity index is 2.27. The Morgan fingerprint density at radius 3 is 2.81 bits per heavy atom. The van der Waals surface area contributed by atoms with E-state index in [0.717, 1.165) is 5.56 Å². The molecule has 84 valence electrons. The molecule has 0 spiro atoms. The van der Waals surface area contributed by atoms with Gasteiger partial charge in [-0.2, -0.15) is 0 Å². The quantitative estimate of drug-likeness (QED) is 0.612. The van der Waals surface area contributed by atoms with Crippen LogP contribution in [0.3, 0.4) is 0 Å². The highest BCUT2D eigenvalue weighted by molar-refractivity contribution is 6.00. The zero-order valence-corrected chi connectivity index (χ0v) is 9.11. The highest BCUT2D eigenvalue weighted by Gasteiger charge is 2.24. The van der Waals surface area contributed by atoms with Crippen LogP contribution in [0.2, 0.25) is 0 Å². The van der Waals surface area contributed by atoms with Crippen LogP contribution in [0.1, 0.15) is 22.3 Å². The third-order valence-electron chi connectivity index (χ3n) is 2.92. The Hall–Kier alpha value is -1.48. The molecule has 0 saturated carbocycles.